The number of aliphatic hydroxyl groups is 1. The van der Waals surface area contributed by atoms with Crippen molar-refractivity contribution < 1.29 is 9.90 Å². The van der Waals surface area contributed by atoms with Crippen molar-refractivity contribution in [1.82, 2.24) is 10.2 Å². The van der Waals surface area contributed by atoms with Crippen LogP contribution in [0.25, 0.3) is 0 Å². The number of halogens is 2. The molecule has 0 radical (unpaired) electrons. The Morgan fingerprint density at radius 3 is 2.43 bits per heavy atom. The van der Waals surface area contributed by atoms with Gasteiger partial charge in [0, 0.05) is 42.6 Å². The van der Waals surface area contributed by atoms with Crippen molar-refractivity contribution in [3.8, 4) is 0 Å². The van der Waals surface area contributed by atoms with Gasteiger partial charge in [-0.15, -0.1) is 0 Å². The fourth-order valence-electron chi connectivity index (χ4n) is 3.36. The molecule has 0 spiro atoms. The summed E-state index contributed by atoms with van der Waals surface area (Å²) < 4.78 is 0. The zero-order chi connectivity index (χ0) is 19.9. The maximum Gasteiger partial charge on any atom is 0.220 e. The summed E-state index contributed by atoms with van der Waals surface area (Å²) in [4.78, 5) is 14.5. The van der Waals surface area contributed by atoms with E-state index < -0.39 is 0 Å². The first-order chi connectivity index (χ1) is 13.5. The summed E-state index contributed by atoms with van der Waals surface area (Å²) in [6.45, 7) is 3.30. The Balaban J connectivity index is 1.41. The molecule has 2 aromatic rings. The Bertz CT molecular complexity index is 788. The van der Waals surface area contributed by atoms with E-state index in [1.54, 1.807) is 12.1 Å². The van der Waals surface area contributed by atoms with Crippen LogP contribution in [0.5, 0.6) is 0 Å². The summed E-state index contributed by atoms with van der Waals surface area (Å²) in [6, 6.07) is 13.7. The second-order valence-electron chi connectivity index (χ2n) is 7.34. The molecule has 0 aromatic heterocycles. The number of hydrogen-bond acceptors (Lipinski definition) is 3. The van der Waals surface area contributed by atoms with Crippen molar-refractivity contribution in [3.63, 3.8) is 0 Å². The molecule has 2 aromatic carbocycles. The first-order valence-corrected chi connectivity index (χ1v) is 10.4. The molecule has 0 unspecified atom stereocenters. The van der Waals surface area contributed by atoms with Gasteiger partial charge in [-0.05, 0) is 48.1 Å². The number of aryl methyl sites for hydroxylation is 1. The van der Waals surface area contributed by atoms with E-state index in [0.717, 1.165) is 43.6 Å². The average molecular weight is 421 g/mol. The molecular weight excluding hydrogens is 395 g/mol. The van der Waals surface area contributed by atoms with Crippen LogP contribution < -0.4 is 5.32 Å². The van der Waals surface area contributed by atoms with E-state index in [2.05, 4.69) is 34.5 Å². The number of amides is 1. The van der Waals surface area contributed by atoms with Crippen molar-refractivity contribution >= 4 is 29.1 Å². The largest absolute Gasteiger partial charge is 0.393 e. The van der Waals surface area contributed by atoms with Crippen LogP contribution in [0.15, 0.2) is 42.5 Å². The number of aliphatic hydroxyl groups excluding tert-OH is 1. The van der Waals surface area contributed by atoms with Crippen molar-refractivity contribution in [2.75, 3.05) is 13.1 Å². The zero-order valence-electron chi connectivity index (χ0n) is 15.8. The summed E-state index contributed by atoms with van der Waals surface area (Å²) in [5, 5.41) is 13.7. The summed E-state index contributed by atoms with van der Waals surface area (Å²) in [6.07, 6.45) is 2.54. The van der Waals surface area contributed by atoms with Gasteiger partial charge in [0.2, 0.25) is 5.91 Å². The number of nitrogens with one attached hydrogen (secondary N) is 1. The summed E-state index contributed by atoms with van der Waals surface area (Å²) in [7, 11) is 0. The van der Waals surface area contributed by atoms with Crippen LogP contribution in [-0.4, -0.2) is 35.1 Å². The number of carbonyl (C=O) groups excluding carboxylic acids is 1. The predicted octanol–water partition coefficient (Wildman–Crippen LogP) is 4.20. The van der Waals surface area contributed by atoms with Crippen LogP contribution in [0.4, 0.5) is 0 Å². The zero-order valence-corrected chi connectivity index (χ0v) is 17.3. The molecule has 1 saturated heterocycles. The molecule has 0 aliphatic carbocycles. The summed E-state index contributed by atoms with van der Waals surface area (Å²) >= 11 is 12.0. The second kappa shape index (κ2) is 10.3. The Morgan fingerprint density at radius 1 is 1.07 bits per heavy atom. The molecule has 1 amide bonds. The monoisotopic (exact) mass is 420 g/mol. The topological polar surface area (TPSA) is 52.6 Å². The number of likely N-dealkylation sites (tertiary alicyclic amines) is 1. The van der Waals surface area contributed by atoms with Crippen LogP contribution >= 0.6 is 23.2 Å². The lowest BCUT2D eigenvalue weighted by Crippen LogP contribution is -2.35. The van der Waals surface area contributed by atoms with Gasteiger partial charge < -0.3 is 10.4 Å². The van der Waals surface area contributed by atoms with Gasteiger partial charge in [-0.1, -0.05) is 53.5 Å². The van der Waals surface area contributed by atoms with E-state index in [9.17, 15) is 9.90 Å². The van der Waals surface area contributed by atoms with E-state index in [1.807, 2.05) is 6.07 Å². The quantitative estimate of drug-likeness (QED) is 0.705. The maximum atomic E-state index is 12.1. The highest BCUT2D eigenvalue weighted by Crippen LogP contribution is 2.22. The van der Waals surface area contributed by atoms with Crippen molar-refractivity contribution in [2.45, 2.75) is 44.9 Å². The Morgan fingerprint density at radius 2 is 1.75 bits per heavy atom. The lowest BCUT2D eigenvalue weighted by molar-refractivity contribution is -0.121. The standard InChI is InChI=1S/C22H26Cl2N2O2/c23-19-7-5-18(21(24)13-19)6-8-22(28)25-14-16-1-3-17(4-2-16)15-26-11-9-20(27)10-12-26/h1-5,7,13,20,27H,6,8-12,14-15H2,(H,25,28). The Labute approximate surface area is 176 Å². The Hall–Kier alpha value is -1.59. The number of benzene rings is 2. The minimum atomic E-state index is -0.141. The Kier molecular flexibility index (Phi) is 7.74. The van der Waals surface area contributed by atoms with Gasteiger partial charge >= 0.3 is 0 Å². The van der Waals surface area contributed by atoms with Gasteiger partial charge in [0.25, 0.3) is 0 Å². The third kappa shape index (κ3) is 6.49. The van der Waals surface area contributed by atoms with E-state index in [1.165, 1.54) is 5.56 Å². The van der Waals surface area contributed by atoms with Crippen molar-refractivity contribution in [1.29, 1.82) is 0 Å². The number of carbonyl (C=O) groups is 1. The fraction of sp³-hybridized carbons (Fsp3) is 0.409. The minimum absolute atomic E-state index is 0.00182. The number of piperidine rings is 1. The van der Waals surface area contributed by atoms with Crippen LogP contribution in [-0.2, 0) is 24.3 Å². The molecule has 1 heterocycles. The fourth-order valence-corrected chi connectivity index (χ4v) is 3.86. The third-order valence-electron chi connectivity index (χ3n) is 5.11. The molecule has 28 heavy (non-hydrogen) atoms. The average Bonchev–Trinajstić information content (AvgIpc) is 2.68. The van der Waals surface area contributed by atoms with Gasteiger partial charge in [-0.2, -0.15) is 0 Å². The first kappa shape index (κ1) is 21.1. The van der Waals surface area contributed by atoms with Crippen LogP contribution in [0, 0.1) is 0 Å². The van der Waals surface area contributed by atoms with Crippen LogP contribution in [0.1, 0.15) is 36.0 Å². The highest BCUT2D eigenvalue weighted by molar-refractivity contribution is 6.35. The molecule has 0 bridgehead atoms. The lowest BCUT2D eigenvalue weighted by Gasteiger charge is -2.29. The second-order valence-corrected chi connectivity index (χ2v) is 8.18. The van der Waals surface area contributed by atoms with Gasteiger partial charge in [0.15, 0.2) is 0 Å². The molecule has 1 fully saturated rings. The van der Waals surface area contributed by atoms with Crippen LogP contribution in [0.3, 0.4) is 0 Å². The number of rotatable bonds is 7. The predicted molar refractivity (Wildman–Crippen MR) is 114 cm³/mol. The van der Waals surface area contributed by atoms with E-state index in [-0.39, 0.29) is 12.0 Å². The first-order valence-electron chi connectivity index (χ1n) is 9.68. The lowest BCUT2D eigenvalue weighted by atomic mass is 10.1. The van der Waals surface area contributed by atoms with Gasteiger partial charge in [-0.25, -0.2) is 0 Å². The number of nitrogens with zero attached hydrogens (tertiary/aromatic N) is 1. The van der Waals surface area contributed by atoms with E-state index in [0.29, 0.717) is 29.4 Å². The summed E-state index contributed by atoms with van der Waals surface area (Å²) in [5.74, 6) is 0.00182. The van der Waals surface area contributed by atoms with Crippen molar-refractivity contribution in [3.05, 3.63) is 69.2 Å². The van der Waals surface area contributed by atoms with Gasteiger partial charge in [0.05, 0.1) is 6.10 Å². The molecule has 3 rings (SSSR count). The third-order valence-corrected chi connectivity index (χ3v) is 5.70. The smallest absolute Gasteiger partial charge is 0.220 e. The van der Waals surface area contributed by atoms with Gasteiger partial charge in [0.1, 0.15) is 0 Å². The molecule has 6 heteroatoms. The van der Waals surface area contributed by atoms with E-state index >= 15 is 0 Å². The normalized spacial score (nSPS) is 15.5. The molecular formula is C22H26Cl2N2O2. The molecule has 4 nitrogen and oxygen atoms in total. The summed E-state index contributed by atoms with van der Waals surface area (Å²) in [5.41, 5.74) is 3.26. The highest BCUT2D eigenvalue weighted by Gasteiger charge is 2.16. The van der Waals surface area contributed by atoms with Crippen molar-refractivity contribution in [2.24, 2.45) is 0 Å². The molecule has 1 aliphatic rings. The molecule has 0 atom stereocenters. The molecule has 1 aliphatic heterocycles. The van der Waals surface area contributed by atoms with Crippen LogP contribution in [0.2, 0.25) is 10.0 Å². The molecule has 150 valence electrons. The SMILES string of the molecule is O=C(CCc1ccc(Cl)cc1Cl)NCc1ccc(CN2CCC(O)CC2)cc1. The molecule has 2 N–H and O–H groups in total. The van der Waals surface area contributed by atoms with Gasteiger partial charge in [-0.3, -0.25) is 9.69 Å². The maximum absolute atomic E-state index is 12.1. The minimum Gasteiger partial charge on any atom is -0.393 e. The molecule has 0 saturated carbocycles. The van der Waals surface area contributed by atoms with E-state index in [4.69, 9.17) is 23.2 Å². The number of hydrogen-bond donors (Lipinski definition) is 2. The highest BCUT2D eigenvalue weighted by atomic mass is 35.5.